The molecular weight excluding hydrogens is 453 g/mol. The molecule has 1 aromatic heterocycles. The number of amides is 2. The number of nitrogens with one attached hydrogen (secondary N) is 1. The zero-order valence-electron chi connectivity index (χ0n) is 17.2. The average Bonchev–Trinajstić information content (AvgIpc) is 3.11. The van der Waals surface area contributed by atoms with Gasteiger partial charge < -0.3 is 15.1 Å². The Morgan fingerprint density at radius 1 is 1.06 bits per heavy atom. The molecule has 162 valence electrons. The van der Waals surface area contributed by atoms with Gasteiger partial charge >= 0.3 is 0 Å². The molecule has 8 heteroatoms. The monoisotopic (exact) mass is 475 g/mol. The van der Waals surface area contributed by atoms with Crippen molar-refractivity contribution in [1.82, 2.24) is 4.90 Å². The number of halogens is 2. The first-order valence-electron chi connectivity index (χ1n) is 10.3. The second kappa shape index (κ2) is 9.47. The van der Waals surface area contributed by atoms with Crippen molar-refractivity contribution < 1.29 is 9.59 Å². The van der Waals surface area contributed by atoms with Crippen molar-refractivity contribution in [3.05, 3.63) is 57.4 Å². The fourth-order valence-corrected chi connectivity index (χ4v) is 5.47. The Morgan fingerprint density at radius 3 is 2.48 bits per heavy atom. The summed E-state index contributed by atoms with van der Waals surface area (Å²) in [5.74, 6) is -0.0377. The SMILES string of the molecule is CCCC(=O)N1CCN(c2ccc(NC(=O)c3sc4ccccc4c3Cl)cc2Cl)CC1. The van der Waals surface area contributed by atoms with Crippen LogP contribution >= 0.6 is 34.5 Å². The fourth-order valence-electron chi connectivity index (χ4n) is 3.76. The zero-order valence-corrected chi connectivity index (χ0v) is 19.5. The molecule has 3 aromatic rings. The fraction of sp³-hybridized carbons (Fsp3) is 0.304. The van der Waals surface area contributed by atoms with E-state index >= 15 is 0 Å². The molecular formula is C23H23Cl2N3O2S. The van der Waals surface area contributed by atoms with Crippen LogP contribution in [0.25, 0.3) is 10.1 Å². The van der Waals surface area contributed by atoms with Crippen LogP contribution in [-0.4, -0.2) is 42.9 Å². The molecule has 4 rings (SSSR count). The van der Waals surface area contributed by atoms with Crippen LogP contribution in [-0.2, 0) is 4.79 Å². The van der Waals surface area contributed by atoms with Gasteiger partial charge in [-0.15, -0.1) is 11.3 Å². The lowest BCUT2D eigenvalue weighted by Gasteiger charge is -2.36. The summed E-state index contributed by atoms with van der Waals surface area (Å²) >= 11 is 14.3. The molecule has 0 aliphatic carbocycles. The van der Waals surface area contributed by atoms with Gasteiger partial charge in [0.15, 0.2) is 0 Å². The minimum Gasteiger partial charge on any atom is -0.367 e. The van der Waals surface area contributed by atoms with Crippen LogP contribution in [0.2, 0.25) is 10.0 Å². The number of rotatable bonds is 5. The van der Waals surface area contributed by atoms with Crippen molar-refractivity contribution >= 4 is 67.8 Å². The normalized spacial score (nSPS) is 14.2. The molecule has 31 heavy (non-hydrogen) atoms. The highest BCUT2D eigenvalue weighted by Crippen LogP contribution is 2.36. The maximum absolute atomic E-state index is 12.8. The minimum absolute atomic E-state index is 0.214. The molecule has 0 saturated carbocycles. The number of benzene rings is 2. The second-order valence-corrected chi connectivity index (χ2v) is 9.32. The van der Waals surface area contributed by atoms with Crippen LogP contribution in [0.5, 0.6) is 0 Å². The van der Waals surface area contributed by atoms with Crippen molar-refractivity contribution in [1.29, 1.82) is 0 Å². The van der Waals surface area contributed by atoms with Crippen LogP contribution in [0, 0.1) is 0 Å². The van der Waals surface area contributed by atoms with Crippen LogP contribution in [0.4, 0.5) is 11.4 Å². The summed E-state index contributed by atoms with van der Waals surface area (Å²) in [4.78, 5) is 29.4. The minimum atomic E-state index is -0.252. The van der Waals surface area contributed by atoms with E-state index in [0.29, 0.717) is 40.1 Å². The Bertz CT molecular complexity index is 1120. The van der Waals surface area contributed by atoms with Gasteiger partial charge in [-0.1, -0.05) is 48.3 Å². The summed E-state index contributed by atoms with van der Waals surface area (Å²) in [6.45, 7) is 4.87. The van der Waals surface area contributed by atoms with Gasteiger partial charge in [-0.05, 0) is 30.7 Å². The quantitative estimate of drug-likeness (QED) is 0.498. The van der Waals surface area contributed by atoms with E-state index in [1.54, 1.807) is 6.07 Å². The second-order valence-electron chi connectivity index (χ2n) is 7.48. The number of carbonyl (C=O) groups is 2. The Hall–Kier alpha value is -2.28. The van der Waals surface area contributed by atoms with Gasteiger partial charge in [0.25, 0.3) is 5.91 Å². The third kappa shape index (κ3) is 4.66. The lowest BCUT2D eigenvalue weighted by Crippen LogP contribution is -2.48. The summed E-state index contributed by atoms with van der Waals surface area (Å²) in [5.41, 5.74) is 1.52. The lowest BCUT2D eigenvalue weighted by atomic mass is 10.2. The lowest BCUT2D eigenvalue weighted by molar-refractivity contribution is -0.131. The number of carbonyl (C=O) groups excluding carboxylic acids is 2. The van der Waals surface area contributed by atoms with Gasteiger partial charge in [0.05, 0.1) is 15.7 Å². The topological polar surface area (TPSA) is 52.7 Å². The summed E-state index contributed by atoms with van der Waals surface area (Å²) in [7, 11) is 0. The number of piperazine rings is 1. The highest BCUT2D eigenvalue weighted by molar-refractivity contribution is 7.21. The Kier molecular flexibility index (Phi) is 6.70. The van der Waals surface area contributed by atoms with E-state index in [4.69, 9.17) is 23.2 Å². The van der Waals surface area contributed by atoms with Crippen molar-refractivity contribution in [3.63, 3.8) is 0 Å². The zero-order chi connectivity index (χ0) is 22.0. The molecule has 1 aliphatic rings. The van der Waals surface area contributed by atoms with Crippen molar-refractivity contribution in [2.24, 2.45) is 0 Å². The van der Waals surface area contributed by atoms with E-state index in [0.717, 1.165) is 35.3 Å². The molecule has 0 spiro atoms. The molecule has 0 unspecified atom stereocenters. The van der Waals surface area contributed by atoms with Crippen LogP contribution in [0.15, 0.2) is 42.5 Å². The molecule has 0 radical (unpaired) electrons. The highest BCUT2D eigenvalue weighted by Gasteiger charge is 2.22. The van der Waals surface area contributed by atoms with Crippen molar-refractivity contribution in [2.75, 3.05) is 36.4 Å². The van der Waals surface area contributed by atoms with Crippen LogP contribution in [0.3, 0.4) is 0 Å². The Morgan fingerprint density at radius 2 is 1.81 bits per heavy atom. The summed E-state index contributed by atoms with van der Waals surface area (Å²) in [6.07, 6.45) is 1.46. The van der Waals surface area contributed by atoms with E-state index in [1.165, 1.54) is 11.3 Å². The largest absolute Gasteiger partial charge is 0.367 e. The molecule has 1 aliphatic heterocycles. The van der Waals surface area contributed by atoms with Gasteiger partial charge in [0.1, 0.15) is 4.88 Å². The predicted molar refractivity (Wildman–Crippen MR) is 130 cm³/mol. The molecule has 5 nitrogen and oxygen atoms in total. The maximum Gasteiger partial charge on any atom is 0.267 e. The van der Waals surface area contributed by atoms with Crippen molar-refractivity contribution in [3.8, 4) is 0 Å². The number of hydrogen-bond donors (Lipinski definition) is 1. The standard InChI is InChI=1S/C23H23Cl2N3O2S/c1-2-5-20(29)28-12-10-27(11-13-28)18-9-8-15(14-17(18)24)26-23(30)22-21(25)16-6-3-4-7-19(16)31-22/h3-4,6-9,14H,2,5,10-13H2,1H3,(H,26,30). The number of nitrogens with zero attached hydrogens (tertiary/aromatic N) is 2. The first kappa shape index (κ1) is 21.9. The van der Waals surface area contributed by atoms with Crippen LogP contribution < -0.4 is 10.2 Å². The van der Waals surface area contributed by atoms with Gasteiger partial charge in [-0.3, -0.25) is 9.59 Å². The van der Waals surface area contributed by atoms with Gasteiger partial charge in [-0.25, -0.2) is 0 Å². The predicted octanol–water partition coefficient (Wildman–Crippen LogP) is 5.91. The van der Waals surface area contributed by atoms with E-state index in [1.807, 2.05) is 48.2 Å². The molecule has 2 amide bonds. The smallest absolute Gasteiger partial charge is 0.267 e. The van der Waals surface area contributed by atoms with E-state index in [2.05, 4.69) is 10.2 Å². The first-order chi connectivity index (χ1) is 15.0. The molecule has 1 saturated heterocycles. The molecule has 1 N–H and O–H groups in total. The third-order valence-corrected chi connectivity index (χ3v) is 7.36. The number of thiophene rings is 1. The maximum atomic E-state index is 12.8. The van der Waals surface area contributed by atoms with Crippen molar-refractivity contribution in [2.45, 2.75) is 19.8 Å². The van der Waals surface area contributed by atoms with Gasteiger partial charge in [-0.2, -0.15) is 0 Å². The average molecular weight is 476 g/mol. The molecule has 0 atom stereocenters. The van der Waals surface area contributed by atoms with E-state index in [9.17, 15) is 9.59 Å². The van der Waals surface area contributed by atoms with E-state index in [-0.39, 0.29) is 11.8 Å². The number of anilines is 2. The number of fused-ring (bicyclic) bond motifs is 1. The van der Waals surface area contributed by atoms with Gasteiger partial charge in [0, 0.05) is 48.4 Å². The summed E-state index contributed by atoms with van der Waals surface area (Å²) in [5, 5.41) is 4.81. The molecule has 1 fully saturated rings. The Balaban J connectivity index is 1.43. The molecule has 2 aromatic carbocycles. The van der Waals surface area contributed by atoms with E-state index < -0.39 is 0 Å². The highest BCUT2D eigenvalue weighted by atomic mass is 35.5. The van der Waals surface area contributed by atoms with Gasteiger partial charge in [0.2, 0.25) is 5.91 Å². The van der Waals surface area contributed by atoms with Crippen LogP contribution in [0.1, 0.15) is 29.4 Å². The third-order valence-electron chi connectivity index (χ3n) is 5.38. The molecule has 2 heterocycles. The Labute approximate surface area is 195 Å². The molecule has 0 bridgehead atoms. The number of hydrogen-bond acceptors (Lipinski definition) is 4. The summed E-state index contributed by atoms with van der Waals surface area (Å²) < 4.78 is 0.975. The summed E-state index contributed by atoms with van der Waals surface area (Å²) in [6, 6.07) is 13.2. The first-order valence-corrected chi connectivity index (χ1v) is 11.9.